The van der Waals surface area contributed by atoms with E-state index in [9.17, 15) is 14.7 Å². The second-order valence-electron chi connectivity index (χ2n) is 6.66. The highest BCUT2D eigenvalue weighted by Gasteiger charge is 2.42. The number of rotatable bonds is 4. The van der Waals surface area contributed by atoms with Crippen molar-refractivity contribution in [1.29, 1.82) is 0 Å². The normalized spacial score (nSPS) is 16.1. The van der Waals surface area contributed by atoms with E-state index < -0.39 is 6.04 Å². The van der Waals surface area contributed by atoms with E-state index in [-0.39, 0.29) is 22.8 Å². The number of carbonyl (C=O) groups is 1. The molecule has 4 rings (SSSR count). The van der Waals surface area contributed by atoms with E-state index in [2.05, 4.69) is 0 Å². The maximum absolute atomic E-state index is 13.3. The molecule has 1 aromatic heterocycles. The fraction of sp³-hybridized carbons (Fsp3) is 0.238. The third-order valence-electron chi connectivity index (χ3n) is 4.84. The molecule has 0 spiro atoms. The van der Waals surface area contributed by atoms with Gasteiger partial charge in [-0.25, -0.2) is 0 Å². The van der Waals surface area contributed by atoms with Crippen LogP contribution in [0.2, 0.25) is 0 Å². The van der Waals surface area contributed by atoms with Crippen molar-refractivity contribution in [3.05, 3.63) is 75.1 Å². The van der Waals surface area contributed by atoms with Crippen molar-refractivity contribution >= 4 is 16.9 Å². The van der Waals surface area contributed by atoms with Gasteiger partial charge in [0, 0.05) is 13.7 Å². The molecule has 0 fully saturated rings. The smallest absolute Gasteiger partial charge is 0.290 e. The molecule has 2 aromatic carbocycles. The van der Waals surface area contributed by atoms with E-state index in [4.69, 9.17) is 9.15 Å². The van der Waals surface area contributed by atoms with Gasteiger partial charge in [-0.05, 0) is 36.8 Å². The molecule has 0 unspecified atom stereocenters. The van der Waals surface area contributed by atoms with Gasteiger partial charge >= 0.3 is 0 Å². The molecule has 1 aliphatic rings. The largest absolute Gasteiger partial charge is 0.508 e. The number of amides is 1. The van der Waals surface area contributed by atoms with Crippen LogP contribution in [0.15, 0.2) is 51.7 Å². The van der Waals surface area contributed by atoms with Crippen molar-refractivity contribution in [2.75, 3.05) is 20.3 Å². The minimum atomic E-state index is -0.629. The zero-order chi connectivity index (χ0) is 19.1. The van der Waals surface area contributed by atoms with Crippen molar-refractivity contribution in [3.63, 3.8) is 0 Å². The zero-order valence-corrected chi connectivity index (χ0v) is 15.1. The second kappa shape index (κ2) is 6.55. The number of carbonyl (C=O) groups excluding carboxylic acids is 1. The molecule has 1 aliphatic heterocycles. The number of ether oxygens (including phenoxy) is 1. The number of hydrogen-bond acceptors (Lipinski definition) is 5. The lowest BCUT2D eigenvalue weighted by Gasteiger charge is -2.24. The van der Waals surface area contributed by atoms with Gasteiger partial charge in [-0.1, -0.05) is 23.8 Å². The van der Waals surface area contributed by atoms with Crippen LogP contribution in [0.25, 0.3) is 11.0 Å². The van der Waals surface area contributed by atoms with Crippen molar-refractivity contribution in [3.8, 4) is 5.75 Å². The number of nitrogens with zero attached hydrogens (tertiary/aromatic N) is 1. The summed E-state index contributed by atoms with van der Waals surface area (Å²) in [6.45, 7) is 2.52. The number of aryl methyl sites for hydroxylation is 1. The summed E-state index contributed by atoms with van der Waals surface area (Å²) >= 11 is 0. The number of aromatic hydroxyl groups is 1. The Balaban J connectivity index is 1.99. The van der Waals surface area contributed by atoms with Gasteiger partial charge in [0.05, 0.1) is 23.6 Å². The van der Waals surface area contributed by atoms with Gasteiger partial charge in [-0.3, -0.25) is 9.59 Å². The minimum Gasteiger partial charge on any atom is -0.508 e. The summed E-state index contributed by atoms with van der Waals surface area (Å²) in [6.07, 6.45) is 0. The Bertz CT molecular complexity index is 1100. The van der Waals surface area contributed by atoms with Crippen molar-refractivity contribution in [2.45, 2.75) is 13.0 Å². The maximum Gasteiger partial charge on any atom is 0.290 e. The van der Waals surface area contributed by atoms with Gasteiger partial charge in [0.2, 0.25) is 5.76 Å². The predicted octanol–water partition coefficient (Wildman–Crippen LogP) is 3.00. The quantitative estimate of drug-likeness (QED) is 0.769. The van der Waals surface area contributed by atoms with Crippen LogP contribution in [0.4, 0.5) is 0 Å². The van der Waals surface area contributed by atoms with Crippen LogP contribution >= 0.6 is 0 Å². The van der Waals surface area contributed by atoms with Gasteiger partial charge < -0.3 is 19.2 Å². The average molecular weight is 365 g/mol. The first-order valence-corrected chi connectivity index (χ1v) is 8.67. The number of phenols is 1. The van der Waals surface area contributed by atoms with E-state index in [1.807, 2.05) is 13.0 Å². The molecule has 0 saturated heterocycles. The summed E-state index contributed by atoms with van der Waals surface area (Å²) in [5.74, 6) is -0.225. The molecule has 3 aromatic rings. The molecule has 0 radical (unpaired) electrons. The highest BCUT2D eigenvalue weighted by atomic mass is 16.5. The Kier molecular flexibility index (Phi) is 4.20. The maximum atomic E-state index is 13.3. The summed E-state index contributed by atoms with van der Waals surface area (Å²) in [5, 5.41) is 10.3. The summed E-state index contributed by atoms with van der Waals surface area (Å²) in [7, 11) is 1.55. The third-order valence-corrected chi connectivity index (χ3v) is 4.84. The van der Waals surface area contributed by atoms with E-state index in [0.29, 0.717) is 35.2 Å². The zero-order valence-electron chi connectivity index (χ0n) is 15.1. The molecule has 1 N–H and O–H groups in total. The molecule has 2 heterocycles. The van der Waals surface area contributed by atoms with Gasteiger partial charge in [-0.15, -0.1) is 0 Å². The molecular formula is C21H19NO5. The fourth-order valence-corrected chi connectivity index (χ4v) is 3.60. The van der Waals surface area contributed by atoms with Crippen LogP contribution in [0, 0.1) is 6.92 Å². The summed E-state index contributed by atoms with van der Waals surface area (Å²) in [6, 6.07) is 11.3. The third kappa shape index (κ3) is 2.78. The lowest BCUT2D eigenvalue weighted by atomic mass is 9.98. The molecular weight excluding hydrogens is 346 g/mol. The summed E-state index contributed by atoms with van der Waals surface area (Å²) in [5.41, 5.74) is 2.05. The first-order chi connectivity index (χ1) is 13.0. The van der Waals surface area contributed by atoms with Crippen LogP contribution < -0.4 is 5.43 Å². The topological polar surface area (TPSA) is 80.0 Å². The molecule has 0 bridgehead atoms. The van der Waals surface area contributed by atoms with Gasteiger partial charge in [0.25, 0.3) is 5.91 Å². The summed E-state index contributed by atoms with van der Waals surface area (Å²) < 4.78 is 11.0. The monoisotopic (exact) mass is 365 g/mol. The molecule has 1 amide bonds. The highest BCUT2D eigenvalue weighted by molar-refractivity contribution is 5.99. The standard InChI is InChI=1S/C21H19NO5/c1-12-6-7-16-15(10-12)19(24)17-18(13-4-3-5-14(23)11-13)22(8-9-26-2)21(25)20(17)27-16/h3-7,10-11,18,23H,8-9H2,1-2H3/t18-/m0/s1. The summed E-state index contributed by atoms with van der Waals surface area (Å²) in [4.78, 5) is 27.8. The molecule has 27 heavy (non-hydrogen) atoms. The number of hydrogen-bond donors (Lipinski definition) is 1. The van der Waals surface area contributed by atoms with E-state index in [0.717, 1.165) is 5.56 Å². The molecule has 0 aliphatic carbocycles. The molecule has 1 atom stereocenters. The van der Waals surface area contributed by atoms with E-state index in [1.165, 1.54) is 0 Å². The van der Waals surface area contributed by atoms with Gasteiger partial charge in [-0.2, -0.15) is 0 Å². The fourth-order valence-electron chi connectivity index (χ4n) is 3.60. The Hall–Kier alpha value is -3.12. The van der Waals surface area contributed by atoms with E-state index >= 15 is 0 Å². The Morgan fingerprint density at radius 2 is 2.00 bits per heavy atom. The van der Waals surface area contributed by atoms with Crippen LogP contribution in [0.1, 0.15) is 33.3 Å². The Morgan fingerprint density at radius 1 is 1.19 bits per heavy atom. The highest BCUT2D eigenvalue weighted by Crippen LogP contribution is 2.38. The lowest BCUT2D eigenvalue weighted by Crippen LogP contribution is -2.32. The van der Waals surface area contributed by atoms with Gasteiger partial charge in [0.15, 0.2) is 5.43 Å². The number of fused-ring (bicyclic) bond motifs is 2. The first kappa shape index (κ1) is 17.3. The lowest BCUT2D eigenvalue weighted by molar-refractivity contribution is 0.0663. The second-order valence-corrected chi connectivity index (χ2v) is 6.66. The molecule has 138 valence electrons. The first-order valence-electron chi connectivity index (χ1n) is 8.67. The van der Waals surface area contributed by atoms with E-state index in [1.54, 1.807) is 48.4 Å². The average Bonchev–Trinajstić information content (AvgIpc) is 2.93. The van der Waals surface area contributed by atoms with Crippen LogP contribution in [0.5, 0.6) is 5.75 Å². The molecule has 0 saturated carbocycles. The van der Waals surface area contributed by atoms with Crippen molar-refractivity contribution in [2.24, 2.45) is 0 Å². The van der Waals surface area contributed by atoms with Crippen molar-refractivity contribution in [1.82, 2.24) is 4.90 Å². The van der Waals surface area contributed by atoms with Crippen LogP contribution in [-0.2, 0) is 4.74 Å². The van der Waals surface area contributed by atoms with Crippen LogP contribution in [-0.4, -0.2) is 36.2 Å². The predicted molar refractivity (Wildman–Crippen MR) is 100 cm³/mol. The van der Waals surface area contributed by atoms with Crippen LogP contribution in [0.3, 0.4) is 0 Å². The minimum absolute atomic E-state index is 0.0563. The number of methoxy groups -OCH3 is 1. The Labute approximate surface area is 155 Å². The van der Waals surface area contributed by atoms with Crippen molar-refractivity contribution < 1.29 is 19.1 Å². The number of benzene rings is 2. The SMILES string of the molecule is COCCN1C(=O)c2oc3ccc(C)cc3c(=O)c2[C@@H]1c1cccc(O)c1. The number of phenolic OH excluding ortho intramolecular Hbond substituents is 1. The molecule has 6 heteroatoms. The van der Waals surface area contributed by atoms with Gasteiger partial charge in [0.1, 0.15) is 11.3 Å². The molecule has 6 nitrogen and oxygen atoms in total. The Morgan fingerprint density at radius 3 is 2.74 bits per heavy atom.